The standard InChI is InChI=1S/C17H20O3/c1-11-12(2)16(19)8-6-13(11)4-3-5-14-10-15(18)7-9-17(14)20/h6-10,18-20H,3-5H2,1-2H3. The van der Waals surface area contributed by atoms with Gasteiger partial charge in [-0.15, -0.1) is 0 Å². The van der Waals surface area contributed by atoms with Gasteiger partial charge in [-0.25, -0.2) is 0 Å². The van der Waals surface area contributed by atoms with Gasteiger partial charge in [0, 0.05) is 0 Å². The molecule has 106 valence electrons. The predicted molar refractivity (Wildman–Crippen MR) is 79.4 cm³/mol. The third-order valence-corrected chi connectivity index (χ3v) is 3.83. The molecule has 0 aromatic heterocycles. The Hall–Kier alpha value is -2.16. The van der Waals surface area contributed by atoms with Crippen molar-refractivity contribution in [2.24, 2.45) is 0 Å². The molecular weight excluding hydrogens is 252 g/mol. The number of phenols is 3. The minimum atomic E-state index is 0.175. The molecule has 0 saturated carbocycles. The number of hydrogen-bond acceptors (Lipinski definition) is 3. The lowest BCUT2D eigenvalue weighted by molar-refractivity contribution is 0.453. The molecule has 0 unspecified atom stereocenters. The SMILES string of the molecule is Cc1c(O)ccc(CCCc2cc(O)ccc2O)c1C. The summed E-state index contributed by atoms with van der Waals surface area (Å²) in [6.45, 7) is 3.92. The predicted octanol–water partition coefficient (Wildman–Crippen LogP) is 3.60. The van der Waals surface area contributed by atoms with Crippen molar-refractivity contribution in [2.45, 2.75) is 33.1 Å². The smallest absolute Gasteiger partial charge is 0.119 e. The van der Waals surface area contributed by atoms with Crippen LogP contribution in [-0.2, 0) is 12.8 Å². The van der Waals surface area contributed by atoms with Crippen molar-refractivity contribution in [3.05, 3.63) is 52.6 Å². The Morgan fingerprint density at radius 2 is 1.40 bits per heavy atom. The Morgan fingerprint density at radius 3 is 2.15 bits per heavy atom. The van der Waals surface area contributed by atoms with E-state index >= 15 is 0 Å². The first-order valence-electron chi connectivity index (χ1n) is 6.78. The molecule has 0 radical (unpaired) electrons. The first-order chi connectivity index (χ1) is 9.49. The summed E-state index contributed by atoms with van der Waals surface area (Å²) in [5.74, 6) is 0.729. The molecule has 20 heavy (non-hydrogen) atoms. The normalized spacial score (nSPS) is 10.7. The van der Waals surface area contributed by atoms with E-state index in [0.29, 0.717) is 12.2 Å². The minimum Gasteiger partial charge on any atom is -0.508 e. The van der Waals surface area contributed by atoms with Crippen LogP contribution in [0.4, 0.5) is 0 Å². The van der Waals surface area contributed by atoms with Gasteiger partial charge in [-0.2, -0.15) is 0 Å². The van der Waals surface area contributed by atoms with E-state index < -0.39 is 0 Å². The molecule has 3 heteroatoms. The van der Waals surface area contributed by atoms with Crippen LogP contribution < -0.4 is 0 Å². The van der Waals surface area contributed by atoms with Crippen LogP contribution in [0.15, 0.2) is 30.3 Å². The van der Waals surface area contributed by atoms with E-state index in [9.17, 15) is 15.3 Å². The fourth-order valence-electron chi connectivity index (χ4n) is 2.37. The van der Waals surface area contributed by atoms with E-state index in [0.717, 1.165) is 29.5 Å². The summed E-state index contributed by atoms with van der Waals surface area (Å²) in [6.07, 6.45) is 2.46. The van der Waals surface area contributed by atoms with Crippen molar-refractivity contribution in [3.8, 4) is 17.2 Å². The lowest BCUT2D eigenvalue weighted by atomic mass is 9.97. The second kappa shape index (κ2) is 5.87. The number of phenolic OH excluding ortho intramolecular Hbond substituents is 3. The molecule has 2 aromatic rings. The first-order valence-corrected chi connectivity index (χ1v) is 6.78. The molecule has 2 rings (SSSR count). The first kappa shape index (κ1) is 14.3. The Morgan fingerprint density at radius 1 is 0.750 bits per heavy atom. The average Bonchev–Trinajstić information content (AvgIpc) is 2.42. The summed E-state index contributed by atoms with van der Waals surface area (Å²) in [5, 5.41) is 28.8. The number of benzene rings is 2. The molecule has 0 aliphatic rings. The molecule has 0 saturated heterocycles. The zero-order chi connectivity index (χ0) is 14.7. The Bertz CT molecular complexity index is 618. The van der Waals surface area contributed by atoms with Gasteiger partial charge in [0.2, 0.25) is 0 Å². The van der Waals surface area contributed by atoms with Crippen LogP contribution in [0.3, 0.4) is 0 Å². The molecule has 0 aliphatic carbocycles. The molecule has 0 atom stereocenters. The maximum absolute atomic E-state index is 9.72. The Balaban J connectivity index is 2.03. The molecule has 3 N–H and O–H groups in total. The van der Waals surface area contributed by atoms with Gasteiger partial charge in [-0.3, -0.25) is 0 Å². The number of aromatic hydroxyl groups is 3. The third-order valence-electron chi connectivity index (χ3n) is 3.83. The fraction of sp³-hybridized carbons (Fsp3) is 0.294. The molecule has 3 nitrogen and oxygen atoms in total. The van der Waals surface area contributed by atoms with Crippen LogP contribution in [0.1, 0.15) is 28.7 Å². The lowest BCUT2D eigenvalue weighted by Crippen LogP contribution is -1.95. The van der Waals surface area contributed by atoms with E-state index in [4.69, 9.17) is 0 Å². The van der Waals surface area contributed by atoms with Gasteiger partial charge < -0.3 is 15.3 Å². The second-order valence-electron chi connectivity index (χ2n) is 5.16. The van der Waals surface area contributed by atoms with Crippen molar-refractivity contribution in [3.63, 3.8) is 0 Å². The van der Waals surface area contributed by atoms with E-state index in [2.05, 4.69) is 0 Å². The average molecular weight is 272 g/mol. The van der Waals surface area contributed by atoms with Gasteiger partial charge in [-0.1, -0.05) is 6.07 Å². The lowest BCUT2D eigenvalue weighted by Gasteiger charge is -2.10. The van der Waals surface area contributed by atoms with Crippen LogP contribution in [0.25, 0.3) is 0 Å². The zero-order valence-corrected chi connectivity index (χ0v) is 11.8. The third kappa shape index (κ3) is 3.05. The van der Waals surface area contributed by atoms with E-state index in [1.807, 2.05) is 19.9 Å². The quantitative estimate of drug-likeness (QED) is 0.745. The maximum atomic E-state index is 9.72. The summed E-state index contributed by atoms with van der Waals surface area (Å²) >= 11 is 0. The van der Waals surface area contributed by atoms with E-state index in [1.165, 1.54) is 17.7 Å². The molecular formula is C17H20O3. The second-order valence-corrected chi connectivity index (χ2v) is 5.16. The fourth-order valence-corrected chi connectivity index (χ4v) is 2.37. The highest BCUT2D eigenvalue weighted by Gasteiger charge is 2.07. The van der Waals surface area contributed by atoms with Gasteiger partial charge >= 0.3 is 0 Å². The Kier molecular flexibility index (Phi) is 4.18. The van der Waals surface area contributed by atoms with Crippen molar-refractivity contribution in [1.82, 2.24) is 0 Å². The Labute approximate surface area is 119 Å². The van der Waals surface area contributed by atoms with Crippen LogP contribution in [0, 0.1) is 13.8 Å². The topological polar surface area (TPSA) is 60.7 Å². The van der Waals surface area contributed by atoms with Crippen LogP contribution in [-0.4, -0.2) is 15.3 Å². The van der Waals surface area contributed by atoms with Crippen molar-refractivity contribution in [1.29, 1.82) is 0 Å². The molecule has 0 bridgehead atoms. The summed E-state index contributed by atoms with van der Waals surface area (Å²) < 4.78 is 0. The molecule has 0 aliphatic heterocycles. The molecule has 0 amide bonds. The number of aryl methyl sites for hydroxylation is 2. The van der Waals surface area contributed by atoms with Crippen molar-refractivity contribution < 1.29 is 15.3 Å². The maximum Gasteiger partial charge on any atom is 0.119 e. The van der Waals surface area contributed by atoms with Gasteiger partial charge in [0.1, 0.15) is 17.2 Å². The molecule has 2 aromatic carbocycles. The zero-order valence-electron chi connectivity index (χ0n) is 11.8. The summed E-state index contributed by atoms with van der Waals surface area (Å²) in [6, 6.07) is 8.26. The molecule has 0 heterocycles. The molecule has 0 spiro atoms. The van der Waals surface area contributed by atoms with Gasteiger partial charge in [0.15, 0.2) is 0 Å². The number of rotatable bonds is 4. The van der Waals surface area contributed by atoms with Crippen molar-refractivity contribution >= 4 is 0 Å². The summed E-state index contributed by atoms with van der Waals surface area (Å²) in [4.78, 5) is 0. The highest BCUT2D eigenvalue weighted by Crippen LogP contribution is 2.26. The molecule has 0 fully saturated rings. The van der Waals surface area contributed by atoms with Crippen molar-refractivity contribution in [2.75, 3.05) is 0 Å². The highest BCUT2D eigenvalue weighted by molar-refractivity contribution is 5.43. The number of hydrogen-bond donors (Lipinski definition) is 3. The van der Waals surface area contributed by atoms with Gasteiger partial charge in [-0.05, 0) is 79.6 Å². The van der Waals surface area contributed by atoms with E-state index in [1.54, 1.807) is 12.1 Å². The highest BCUT2D eigenvalue weighted by atomic mass is 16.3. The summed E-state index contributed by atoms with van der Waals surface area (Å²) in [5.41, 5.74) is 4.01. The van der Waals surface area contributed by atoms with Gasteiger partial charge in [0.05, 0.1) is 0 Å². The van der Waals surface area contributed by atoms with E-state index in [-0.39, 0.29) is 11.5 Å². The van der Waals surface area contributed by atoms with Crippen LogP contribution in [0.5, 0.6) is 17.2 Å². The van der Waals surface area contributed by atoms with Gasteiger partial charge in [0.25, 0.3) is 0 Å². The summed E-state index contributed by atoms with van der Waals surface area (Å²) in [7, 11) is 0. The minimum absolute atomic E-state index is 0.175. The van der Waals surface area contributed by atoms with Crippen LogP contribution in [0.2, 0.25) is 0 Å². The monoisotopic (exact) mass is 272 g/mol. The van der Waals surface area contributed by atoms with Crippen LogP contribution >= 0.6 is 0 Å². The largest absolute Gasteiger partial charge is 0.508 e.